The summed E-state index contributed by atoms with van der Waals surface area (Å²) in [6.07, 6.45) is 2.08. The summed E-state index contributed by atoms with van der Waals surface area (Å²) in [4.78, 5) is 28.8. The summed E-state index contributed by atoms with van der Waals surface area (Å²) >= 11 is 0. The average molecular weight is 367 g/mol. The number of carbonyl (C=O) groups is 2. The molecule has 1 heterocycles. The lowest BCUT2D eigenvalue weighted by molar-refractivity contribution is -0.132. The summed E-state index contributed by atoms with van der Waals surface area (Å²) in [7, 11) is 0. The van der Waals surface area contributed by atoms with Crippen molar-refractivity contribution >= 4 is 11.8 Å². The van der Waals surface area contributed by atoms with Crippen LogP contribution in [0.2, 0.25) is 0 Å². The number of pyridine rings is 1. The second-order valence-corrected chi connectivity index (χ2v) is 6.31. The molecule has 27 heavy (non-hydrogen) atoms. The smallest absolute Gasteiger partial charge is 0.251 e. The summed E-state index contributed by atoms with van der Waals surface area (Å²) in [5.74, 6) is -1.28. The third kappa shape index (κ3) is 6.34. The van der Waals surface area contributed by atoms with E-state index in [9.17, 15) is 14.7 Å². The number of aliphatic hydroxyl groups is 1. The van der Waals surface area contributed by atoms with E-state index in [1.807, 2.05) is 36.4 Å². The van der Waals surface area contributed by atoms with Gasteiger partial charge < -0.3 is 15.7 Å². The minimum Gasteiger partial charge on any atom is -0.381 e. The van der Waals surface area contributed by atoms with Crippen molar-refractivity contribution in [1.82, 2.24) is 15.6 Å². The molecular formula is C21H25N3O3. The number of benzene rings is 1. The first kappa shape index (κ1) is 20.3. The van der Waals surface area contributed by atoms with E-state index in [1.54, 1.807) is 25.3 Å². The van der Waals surface area contributed by atoms with Crippen molar-refractivity contribution in [3.05, 3.63) is 78.6 Å². The maximum Gasteiger partial charge on any atom is 0.251 e. The quantitative estimate of drug-likeness (QED) is 0.587. The van der Waals surface area contributed by atoms with Gasteiger partial charge in [-0.2, -0.15) is 0 Å². The van der Waals surface area contributed by atoms with Gasteiger partial charge in [-0.3, -0.25) is 14.6 Å². The fraction of sp³-hybridized carbons (Fsp3) is 0.286. The average Bonchev–Trinajstić information content (AvgIpc) is 2.71. The standard InChI is InChI=1S/C21H25N3O3/c1-3-15(2)20(26)24-18(13-16-9-5-4-6-10-16)19(25)21(27)23-14-17-11-7-8-12-22-17/h3-12,15,18-19,25H,1,13-14H2,2H3,(H,23,27)(H,24,26)/t15-,18+,19-/m0/s1. The first-order valence-electron chi connectivity index (χ1n) is 8.83. The molecule has 0 spiro atoms. The topological polar surface area (TPSA) is 91.3 Å². The van der Waals surface area contributed by atoms with Crippen molar-refractivity contribution in [2.45, 2.75) is 32.0 Å². The van der Waals surface area contributed by atoms with Gasteiger partial charge in [0.25, 0.3) is 5.91 Å². The van der Waals surface area contributed by atoms with Crippen LogP contribution in [0.1, 0.15) is 18.2 Å². The molecule has 142 valence electrons. The third-order valence-corrected chi connectivity index (χ3v) is 4.21. The molecule has 0 saturated carbocycles. The molecule has 2 rings (SSSR count). The summed E-state index contributed by atoms with van der Waals surface area (Å²) in [6, 6.07) is 14.0. The zero-order valence-electron chi connectivity index (χ0n) is 15.3. The van der Waals surface area contributed by atoms with Crippen LogP contribution >= 0.6 is 0 Å². The van der Waals surface area contributed by atoms with E-state index in [1.165, 1.54) is 6.08 Å². The van der Waals surface area contributed by atoms with Crippen LogP contribution in [0.3, 0.4) is 0 Å². The molecule has 0 radical (unpaired) electrons. The van der Waals surface area contributed by atoms with Gasteiger partial charge in [0.1, 0.15) is 0 Å². The predicted octanol–water partition coefficient (Wildman–Crippen LogP) is 1.61. The van der Waals surface area contributed by atoms with Gasteiger partial charge in [-0.05, 0) is 24.1 Å². The number of rotatable bonds is 9. The number of hydrogen-bond donors (Lipinski definition) is 3. The second kappa shape index (κ2) is 10.2. The van der Waals surface area contributed by atoms with Gasteiger partial charge in [-0.15, -0.1) is 6.58 Å². The van der Waals surface area contributed by atoms with Gasteiger partial charge in [0.05, 0.1) is 24.2 Å². The molecular weight excluding hydrogens is 342 g/mol. The van der Waals surface area contributed by atoms with Crippen LogP contribution in [-0.4, -0.2) is 34.1 Å². The molecule has 6 nitrogen and oxygen atoms in total. The van der Waals surface area contributed by atoms with Crippen molar-refractivity contribution < 1.29 is 14.7 Å². The summed E-state index contributed by atoms with van der Waals surface area (Å²) in [5, 5.41) is 16.0. The molecule has 3 atom stereocenters. The van der Waals surface area contributed by atoms with Gasteiger partial charge >= 0.3 is 0 Å². The molecule has 0 unspecified atom stereocenters. The van der Waals surface area contributed by atoms with Gasteiger partial charge in [0.2, 0.25) is 5.91 Å². The van der Waals surface area contributed by atoms with Gasteiger partial charge in [-0.1, -0.05) is 49.4 Å². The normalized spacial score (nSPS) is 13.9. The van der Waals surface area contributed by atoms with Crippen LogP contribution in [-0.2, 0) is 22.6 Å². The Labute approximate surface area is 159 Å². The van der Waals surface area contributed by atoms with Crippen molar-refractivity contribution in [2.24, 2.45) is 5.92 Å². The van der Waals surface area contributed by atoms with E-state index in [2.05, 4.69) is 22.2 Å². The van der Waals surface area contributed by atoms with Crippen LogP contribution in [0.5, 0.6) is 0 Å². The molecule has 2 aromatic rings. The monoisotopic (exact) mass is 367 g/mol. The number of nitrogens with zero attached hydrogens (tertiary/aromatic N) is 1. The third-order valence-electron chi connectivity index (χ3n) is 4.21. The van der Waals surface area contributed by atoms with E-state index < -0.39 is 24.0 Å². The zero-order valence-corrected chi connectivity index (χ0v) is 15.3. The van der Waals surface area contributed by atoms with Crippen molar-refractivity contribution in [3.8, 4) is 0 Å². The SMILES string of the molecule is C=C[C@H](C)C(=O)N[C@H](Cc1ccccc1)[C@H](O)C(=O)NCc1ccccn1. The lowest BCUT2D eigenvalue weighted by atomic mass is 9.99. The van der Waals surface area contributed by atoms with Crippen LogP contribution in [0.15, 0.2) is 67.4 Å². The largest absolute Gasteiger partial charge is 0.381 e. The highest BCUT2D eigenvalue weighted by Gasteiger charge is 2.28. The summed E-state index contributed by atoms with van der Waals surface area (Å²) in [5.41, 5.74) is 1.59. The molecule has 0 aliphatic rings. The number of carbonyl (C=O) groups excluding carboxylic acids is 2. The zero-order chi connectivity index (χ0) is 19.6. The molecule has 6 heteroatoms. The summed E-state index contributed by atoms with van der Waals surface area (Å²) in [6.45, 7) is 5.51. The fourth-order valence-corrected chi connectivity index (χ4v) is 2.50. The van der Waals surface area contributed by atoms with Gasteiger partial charge in [0.15, 0.2) is 6.10 Å². The highest BCUT2D eigenvalue weighted by atomic mass is 16.3. The van der Waals surface area contributed by atoms with E-state index in [0.29, 0.717) is 12.1 Å². The first-order valence-corrected chi connectivity index (χ1v) is 8.83. The molecule has 2 amide bonds. The number of nitrogens with one attached hydrogen (secondary N) is 2. The fourth-order valence-electron chi connectivity index (χ4n) is 2.50. The van der Waals surface area contributed by atoms with Crippen molar-refractivity contribution in [3.63, 3.8) is 0 Å². The number of hydrogen-bond acceptors (Lipinski definition) is 4. The lowest BCUT2D eigenvalue weighted by Gasteiger charge is -2.25. The Morgan fingerprint density at radius 3 is 2.48 bits per heavy atom. The van der Waals surface area contributed by atoms with Crippen LogP contribution < -0.4 is 10.6 Å². The van der Waals surface area contributed by atoms with Gasteiger partial charge in [-0.25, -0.2) is 0 Å². The van der Waals surface area contributed by atoms with Crippen LogP contribution in [0, 0.1) is 5.92 Å². The Morgan fingerprint density at radius 1 is 1.15 bits per heavy atom. The first-order chi connectivity index (χ1) is 13.0. The van der Waals surface area contributed by atoms with E-state index in [0.717, 1.165) is 5.56 Å². The summed E-state index contributed by atoms with van der Waals surface area (Å²) < 4.78 is 0. The van der Waals surface area contributed by atoms with E-state index >= 15 is 0 Å². The maximum atomic E-state index is 12.4. The molecule has 0 aliphatic heterocycles. The number of aromatic nitrogens is 1. The van der Waals surface area contributed by atoms with Crippen molar-refractivity contribution in [2.75, 3.05) is 0 Å². The Balaban J connectivity index is 2.06. The lowest BCUT2D eigenvalue weighted by Crippen LogP contribution is -2.52. The Bertz CT molecular complexity index is 750. The predicted molar refractivity (Wildman–Crippen MR) is 104 cm³/mol. The molecule has 3 N–H and O–H groups in total. The molecule has 0 fully saturated rings. The Morgan fingerprint density at radius 2 is 1.85 bits per heavy atom. The Kier molecular flexibility index (Phi) is 7.70. The highest BCUT2D eigenvalue weighted by molar-refractivity contribution is 5.84. The number of amides is 2. The van der Waals surface area contributed by atoms with Gasteiger partial charge in [0, 0.05) is 6.20 Å². The van der Waals surface area contributed by atoms with E-state index in [-0.39, 0.29) is 12.5 Å². The molecule has 0 saturated heterocycles. The van der Waals surface area contributed by atoms with E-state index in [4.69, 9.17) is 0 Å². The van der Waals surface area contributed by atoms with Crippen LogP contribution in [0.4, 0.5) is 0 Å². The molecule has 1 aromatic heterocycles. The maximum absolute atomic E-state index is 12.4. The highest BCUT2D eigenvalue weighted by Crippen LogP contribution is 2.09. The molecule has 0 bridgehead atoms. The second-order valence-electron chi connectivity index (χ2n) is 6.31. The number of aliphatic hydroxyl groups excluding tert-OH is 1. The van der Waals surface area contributed by atoms with Crippen molar-refractivity contribution in [1.29, 1.82) is 0 Å². The minimum absolute atomic E-state index is 0.200. The Hall–Kier alpha value is -2.99. The van der Waals surface area contributed by atoms with Crippen LogP contribution in [0.25, 0.3) is 0 Å². The molecule has 1 aromatic carbocycles. The molecule has 0 aliphatic carbocycles. The minimum atomic E-state index is -1.39.